The molecule has 9 nitrogen and oxygen atoms in total. The maximum absolute atomic E-state index is 14.2. The summed E-state index contributed by atoms with van der Waals surface area (Å²) in [6.45, 7) is 7.08. The lowest BCUT2D eigenvalue weighted by Crippen LogP contribution is -2.40. The third-order valence-electron chi connectivity index (χ3n) is 7.94. The van der Waals surface area contributed by atoms with Crippen molar-refractivity contribution in [2.45, 2.75) is 52.3 Å². The molecule has 4 heterocycles. The highest BCUT2D eigenvalue weighted by Gasteiger charge is 2.35. The number of methoxy groups -OCH3 is 1. The van der Waals surface area contributed by atoms with E-state index in [1.165, 1.54) is 23.0 Å². The summed E-state index contributed by atoms with van der Waals surface area (Å²) in [5.74, 6) is -0.00139. The van der Waals surface area contributed by atoms with Crippen LogP contribution in [0.15, 0.2) is 69.7 Å². The number of rotatable bonds is 7. The molecular formula is C33H33ClN4O5S. The zero-order valence-corrected chi connectivity index (χ0v) is 26.6. The average molecular weight is 633 g/mol. The molecule has 0 saturated carbocycles. The SMILES string of the molecule is COc1ccc(Cl)cc1[C@@H]1C(C(=O)OC(C)C)=C(C)N=c2s/c(=C\c3cn(CC(=O)N4CCCC4)c4ccccc34)c(=O)n21. The van der Waals surface area contributed by atoms with Crippen molar-refractivity contribution in [2.75, 3.05) is 20.2 Å². The van der Waals surface area contributed by atoms with Crippen molar-refractivity contribution >= 4 is 51.8 Å². The molecular weight excluding hydrogens is 600 g/mol. The molecule has 4 aromatic rings. The summed E-state index contributed by atoms with van der Waals surface area (Å²) in [6, 6.07) is 12.1. The molecule has 0 radical (unpaired) electrons. The molecule has 1 saturated heterocycles. The van der Waals surface area contributed by atoms with Gasteiger partial charge in [0, 0.05) is 46.3 Å². The van der Waals surface area contributed by atoms with Gasteiger partial charge in [-0.25, -0.2) is 9.79 Å². The Labute approximate surface area is 263 Å². The maximum Gasteiger partial charge on any atom is 0.338 e. The minimum absolute atomic E-state index is 0.0842. The van der Waals surface area contributed by atoms with Gasteiger partial charge in [0.15, 0.2) is 4.80 Å². The Kier molecular flexibility index (Phi) is 8.22. The summed E-state index contributed by atoms with van der Waals surface area (Å²) in [5, 5.41) is 1.36. The van der Waals surface area contributed by atoms with E-state index in [0.717, 1.165) is 42.4 Å². The molecule has 0 bridgehead atoms. The minimum Gasteiger partial charge on any atom is -0.496 e. The Morgan fingerprint density at radius 1 is 1.16 bits per heavy atom. The maximum atomic E-state index is 14.2. The number of nitrogens with zero attached hydrogens (tertiary/aromatic N) is 4. The fourth-order valence-corrected chi connectivity index (χ4v) is 7.17. The van der Waals surface area contributed by atoms with Crippen molar-refractivity contribution in [3.8, 4) is 5.75 Å². The van der Waals surface area contributed by atoms with Gasteiger partial charge in [-0.3, -0.25) is 14.2 Å². The molecule has 6 rings (SSSR count). The van der Waals surface area contributed by atoms with Crippen LogP contribution in [0.4, 0.5) is 0 Å². The van der Waals surface area contributed by atoms with Crippen molar-refractivity contribution in [3.05, 3.63) is 95.8 Å². The highest BCUT2D eigenvalue weighted by Crippen LogP contribution is 2.37. The van der Waals surface area contributed by atoms with E-state index in [0.29, 0.717) is 31.4 Å². The van der Waals surface area contributed by atoms with Gasteiger partial charge in [0.05, 0.1) is 29.0 Å². The quantitative estimate of drug-likeness (QED) is 0.281. The van der Waals surface area contributed by atoms with Gasteiger partial charge in [0.2, 0.25) is 5.91 Å². The van der Waals surface area contributed by atoms with Gasteiger partial charge >= 0.3 is 5.97 Å². The van der Waals surface area contributed by atoms with Gasteiger partial charge in [0.25, 0.3) is 5.56 Å². The number of allylic oxidation sites excluding steroid dienone is 1. The fourth-order valence-electron chi connectivity index (χ4n) is 5.95. The Morgan fingerprint density at radius 2 is 1.91 bits per heavy atom. The average Bonchev–Trinajstić information content (AvgIpc) is 3.71. The first kappa shape index (κ1) is 29.9. The van der Waals surface area contributed by atoms with E-state index < -0.39 is 12.0 Å². The van der Waals surface area contributed by atoms with Gasteiger partial charge < -0.3 is 18.9 Å². The molecule has 0 N–H and O–H groups in total. The summed E-state index contributed by atoms with van der Waals surface area (Å²) in [4.78, 5) is 47.8. The third kappa shape index (κ3) is 5.48. The molecule has 228 valence electrons. The number of carbonyl (C=O) groups excluding carboxylic acids is 2. The van der Waals surface area contributed by atoms with Crippen LogP contribution in [0, 0.1) is 0 Å². The van der Waals surface area contributed by atoms with E-state index in [2.05, 4.69) is 0 Å². The number of likely N-dealkylation sites (tertiary alicyclic amines) is 1. The number of para-hydroxylation sites is 1. The van der Waals surface area contributed by atoms with Gasteiger partial charge in [-0.1, -0.05) is 41.1 Å². The first-order valence-corrected chi connectivity index (χ1v) is 15.8. The third-order valence-corrected chi connectivity index (χ3v) is 9.16. The lowest BCUT2D eigenvalue weighted by Gasteiger charge is -2.26. The molecule has 1 amide bonds. The van der Waals surface area contributed by atoms with E-state index in [4.69, 9.17) is 26.1 Å². The Morgan fingerprint density at radius 3 is 2.64 bits per heavy atom. The predicted molar refractivity (Wildman–Crippen MR) is 171 cm³/mol. The zero-order chi connectivity index (χ0) is 31.1. The Balaban J connectivity index is 1.51. The normalized spacial score (nSPS) is 16.9. The number of amides is 1. The number of ether oxygens (including phenoxy) is 2. The zero-order valence-electron chi connectivity index (χ0n) is 25.0. The topological polar surface area (TPSA) is 95.1 Å². The highest BCUT2D eigenvalue weighted by atomic mass is 35.5. The van der Waals surface area contributed by atoms with Crippen LogP contribution in [0.5, 0.6) is 5.75 Å². The summed E-state index contributed by atoms with van der Waals surface area (Å²) < 4.78 is 15.2. The van der Waals surface area contributed by atoms with Crippen LogP contribution in [0.3, 0.4) is 0 Å². The van der Waals surface area contributed by atoms with Crippen LogP contribution < -0.4 is 19.6 Å². The van der Waals surface area contributed by atoms with Gasteiger partial charge in [-0.15, -0.1) is 0 Å². The number of aromatic nitrogens is 2. The second kappa shape index (κ2) is 12.1. The number of esters is 1. The van der Waals surface area contributed by atoms with Gasteiger partial charge in [0.1, 0.15) is 18.3 Å². The van der Waals surface area contributed by atoms with E-state index in [1.807, 2.05) is 46.0 Å². The fraction of sp³-hybridized carbons (Fsp3) is 0.333. The largest absolute Gasteiger partial charge is 0.496 e. The van der Waals surface area contributed by atoms with E-state index >= 15 is 0 Å². The lowest BCUT2D eigenvalue weighted by atomic mass is 9.95. The van der Waals surface area contributed by atoms with Gasteiger partial charge in [-0.2, -0.15) is 0 Å². The lowest BCUT2D eigenvalue weighted by molar-refractivity contribution is -0.143. The molecule has 2 aromatic heterocycles. The first-order valence-electron chi connectivity index (χ1n) is 14.6. The molecule has 11 heteroatoms. The minimum atomic E-state index is -0.868. The second-order valence-electron chi connectivity index (χ2n) is 11.2. The van der Waals surface area contributed by atoms with E-state index in [9.17, 15) is 14.4 Å². The number of benzene rings is 2. The summed E-state index contributed by atoms with van der Waals surface area (Å²) in [6.07, 6.45) is 5.44. The van der Waals surface area contributed by atoms with Crippen LogP contribution in [0.25, 0.3) is 17.0 Å². The number of carbonyl (C=O) groups is 2. The summed E-state index contributed by atoms with van der Waals surface area (Å²) >= 11 is 7.66. The summed E-state index contributed by atoms with van der Waals surface area (Å²) in [7, 11) is 1.53. The van der Waals surface area contributed by atoms with Crippen molar-refractivity contribution in [2.24, 2.45) is 4.99 Å². The molecule has 1 atom stereocenters. The molecule has 0 unspecified atom stereocenters. The number of hydrogen-bond acceptors (Lipinski definition) is 7. The molecule has 2 aromatic carbocycles. The van der Waals surface area contributed by atoms with Gasteiger partial charge in [-0.05, 0) is 64.0 Å². The molecule has 0 spiro atoms. The van der Waals surface area contributed by atoms with Crippen molar-refractivity contribution in [1.82, 2.24) is 14.0 Å². The first-order chi connectivity index (χ1) is 21.2. The van der Waals surface area contributed by atoms with Crippen LogP contribution >= 0.6 is 22.9 Å². The molecule has 2 aliphatic heterocycles. The monoisotopic (exact) mass is 632 g/mol. The predicted octanol–water partition coefficient (Wildman–Crippen LogP) is 4.43. The van der Waals surface area contributed by atoms with Crippen LogP contribution in [0.2, 0.25) is 5.02 Å². The van der Waals surface area contributed by atoms with E-state index in [-0.39, 0.29) is 29.7 Å². The van der Waals surface area contributed by atoms with Crippen molar-refractivity contribution in [3.63, 3.8) is 0 Å². The van der Waals surface area contributed by atoms with Crippen LogP contribution in [-0.2, 0) is 20.9 Å². The Hall–Kier alpha value is -4.15. The molecule has 1 fully saturated rings. The van der Waals surface area contributed by atoms with Crippen molar-refractivity contribution in [1.29, 1.82) is 0 Å². The van der Waals surface area contributed by atoms with E-state index in [1.54, 1.807) is 39.0 Å². The molecule has 44 heavy (non-hydrogen) atoms. The standard InChI is InChI=1S/C33H33ClN4O5S/c1-19(2)43-32(41)29-20(3)35-33-38(30(29)24-16-22(34)11-12-26(24)42-4)31(40)27(44-33)15-21-17-37(25-10-6-5-9-23(21)25)18-28(39)36-13-7-8-14-36/h5-6,9-12,15-17,19,30H,7-8,13-14,18H2,1-4H3/b27-15-/t30-/m1/s1. The number of halogens is 1. The highest BCUT2D eigenvalue weighted by molar-refractivity contribution is 7.07. The number of fused-ring (bicyclic) bond motifs is 2. The number of hydrogen-bond donors (Lipinski definition) is 0. The van der Waals surface area contributed by atoms with Crippen LogP contribution in [0.1, 0.15) is 50.8 Å². The van der Waals surface area contributed by atoms with Crippen LogP contribution in [-0.4, -0.2) is 52.2 Å². The molecule has 0 aliphatic carbocycles. The Bertz CT molecular complexity index is 2000. The summed E-state index contributed by atoms with van der Waals surface area (Å²) in [5.41, 5.74) is 2.66. The second-order valence-corrected chi connectivity index (χ2v) is 12.7. The smallest absolute Gasteiger partial charge is 0.338 e. The number of thiazole rings is 1. The molecule has 2 aliphatic rings. The van der Waals surface area contributed by atoms with Crippen molar-refractivity contribution < 1.29 is 19.1 Å².